The van der Waals surface area contributed by atoms with Gasteiger partial charge >= 0.3 is 0 Å². The van der Waals surface area contributed by atoms with Gasteiger partial charge in [-0.25, -0.2) is 4.98 Å². The van der Waals surface area contributed by atoms with Gasteiger partial charge in [0, 0.05) is 44.1 Å². The zero-order chi connectivity index (χ0) is 13.9. The number of hydrogen-bond acceptors (Lipinski definition) is 5. The fraction of sp³-hybridized carbons (Fsp3) is 0.385. The first-order chi connectivity index (χ1) is 9.72. The third-order valence-corrected chi connectivity index (χ3v) is 4.74. The molecule has 7 heteroatoms. The number of halogens is 2. The second-order valence-electron chi connectivity index (χ2n) is 4.66. The van der Waals surface area contributed by atoms with Gasteiger partial charge < -0.3 is 10.2 Å². The summed E-state index contributed by atoms with van der Waals surface area (Å²) in [6.45, 7) is 3.98. The number of hydrogen-bond donors (Lipinski definition) is 1. The number of piperazine rings is 1. The summed E-state index contributed by atoms with van der Waals surface area (Å²) in [5.74, 6) is 0.835. The molecule has 2 heterocycles. The van der Waals surface area contributed by atoms with Crippen LogP contribution < -0.4 is 10.2 Å². The molecule has 0 aliphatic carbocycles. The lowest BCUT2D eigenvalue weighted by Crippen LogP contribution is -2.43. The molecule has 1 aromatic heterocycles. The van der Waals surface area contributed by atoms with E-state index in [2.05, 4.69) is 19.6 Å². The van der Waals surface area contributed by atoms with E-state index in [1.54, 1.807) is 0 Å². The van der Waals surface area contributed by atoms with E-state index in [0.717, 1.165) is 42.7 Å². The number of rotatable bonds is 3. The highest BCUT2D eigenvalue weighted by atomic mass is 35.5. The molecule has 0 amide bonds. The predicted molar refractivity (Wildman–Crippen MR) is 84.3 cm³/mol. The van der Waals surface area contributed by atoms with Gasteiger partial charge in [-0.2, -0.15) is 4.37 Å². The predicted octanol–water partition coefficient (Wildman–Crippen LogP) is 2.85. The van der Waals surface area contributed by atoms with E-state index in [9.17, 15) is 0 Å². The first-order valence-electron chi connectivity index (χ1n) is 6.44. The van der Waals surface area contributed by atoms with Crippen molar-refractivity contribution in [1.29, 1.82) is 0 Å². The number of benzene rings is 1. The van der Waals surface area contributed by atoms with Crippen LogP contribution in [0.4, 0.5) is 5.13 Å². The molecule has 1 fully saturated rings. The van der Waals surface area contributed by atoms with Gasteiger partial charge in [0.2, 0.25) is 5.13 Å². The molecule has 1 aliphatic rings. The third-order valence-electron chi connectivity index (χ3n) is 3.19. The van der Waals surface area contributed by atoms with Crippen LogP contribution >= 0.6 is 34.7 Å². The fourth-order valence-electron chi connectivity index (χ4n) is 2.13. The van der Waals surface area contributed by atoms with Gasteiger partial charge in [0.05, 0.1) is 10.0 Å². The SMILES string of the molecule is Clc1ccc(Cc2nsc(N3CCNCC3)n2)cc1Cl. The Morgan fingerprint density at radius 2 is 2.00 bits per heavy atom. The van der Waals surface area contributed by atoms with Crippen LogP contribution in [-0.4, -0.2) is 35.5 Å². The lowest BCUT2D eigenvalue weighted by molar-refractivity contribution is 0.588. The minimum Gasteiger partial charge on any atom is -0.344 e. The first kappa shape index (κ1) is 14.1. The van der Waals surface area contributed by atoms with E-state index in [1.165, 1.54) is 11.5 Å². The average Bonchev–Trinajstić information content (AvgIpc) is 2.92. The molecule has 2 aromatic rings. The average molecular weight is 329 g/mol. The normalized spacial score (nSPS) is 15.6. The molecule has 106 valence electrons. The van der Waals surface area contributed by atoms with Gasteiger partial charge in [0.25, 0.3) is 0 Å². The van der Waals surface area contributed by atoms with Crippen molar-refractivity contribution >= 4 is 39.9 Å². The molecule has 1 N–H and O–H groups in total. The van der Waals surface area contributed by atoms with Gasteiger partial charge in [-0.1, -0.05) is 29.3 Å². The van der Waals surface area contributed by atoms with E-state index in [-0.39, 0.29) is 0 Å². The summed E-state index contributed by atoms with van der Waals surface area (Å²) in [7, 11) is 0. The van der Waals surface area contributed by atoms with E-state index in [1.807, 2.05) is 18.2 Å². The van der Waals surface area contributed by atoms with Crippen LogP contribution in [0.5, 0.6) is 0 Å². The van der Waals surface area contributed by atoms with Crippen LogP contribution in [0.1, 0.15) is 11.4 Å². The molecule has 0 saturated carbocycles. The zero-order valence-corrected chi connectivity index (χ0v) is 13.1. The highest BCUT2D eigenvalue weighted by molar-refractivity contribution is 7.09. The van der Waals surface area contributed by atoms with Crippen LogP contribution in [0.2, 0.25) is 10.0 Å². The Kier molecular flexibility index (Phi) is 4.41. The number of nitrogens with one attached hydrogen (secondary N) is 1. The molecule has 1 saturated heterocycles. The second-order valence-corrected chi connectivity index (χ2v) is 6.20. The molecule has 0 atom stereocenters. The Morgan fingerprint density at radius 1 is 1.20 bits per heavy atom. The van der Waals surface area contributed by atoms with Crippen molar-refractivity contribution in [2.24, 2.45) is 0 Å². The summed E-state index contributed by atoms with van der Waals surface area (Å²) in [6, 6.07) is 5.64. The maximum absolute atomic E-state index is 6.02. The molecule has 20 heavy (non-hydrogen) atoms. The number of aromatic nitrogens is 2. The highest BCUT2D eigenvalue weighted by Crippen LogP contribution is 2.24. The summed E-state index contributed by atoms with van der Waals surface area (Å²) < 4.78 is 4.43. The third kappa shape index (κ3) is 3.23. The van der Waals surface area contributed by atoms with Crippen molar-refractivity contribution in [3.05, 3.63) is 39.6 Å². The summed E-state index contributed by atoms with van der Waals surface area (Å²) in [4.78, 5) is 6.88. The summed E-state index contributed by atoms with van der Waals surface area (Å²) in [5.41, 5.74) is 1.07. The minimum absolute atomic E-state index is 0.571. The van der Waals surface area contributed by atoms with Crippen LogP contribution in [0.15, 0.2) is 18.2 Å². The molecular formula is C13H14Cl2N4S. The molecular weight excluding hydrogens is 315 g/mol. The van der Waals surface area contributed by atoms with E-state index in [0.29, 0.717) is 16.5 Å². The van der Waals surface area contributed by atoms with Crippen molar-refractivity contribution in [1.82, 2.24) is 14.7 Å². The molecule has 4 nitrogen and oxygen atoms in total. The zero-order valence-electron chi connectivity index (χ0n) is 10.8. The highest BCUT2D eigenvalue weighted by Gasteiger charge is 2.15. The molecule has 1 aromatic carbocycles. The summed E-state index contributed by atoms with van der Waals surface area (Å²) in [6.07, 6.45) is 0.680. The maximum atomic E-state index is 6.02. The van der Waals surface area contributed by atoms with E-state index < -0.39 is 0 Å². The number of nitrogens with zero attached hydrogens (tertiary/aromatic N) is 3. The van der Waals surface area contributed by atoms with Crippen LogP contribution in [-0.2, 0) is 6.42 Å². The molecule has 0 radical (unpaired) electrons. The Hall–Kier alpha value is -0.880. The largest absolute Gasteiger partial charge is 0.344 e. The number of anilines is 1. The Bertz CT molecular complexity index is 596. The molecule has 0 bridgehead atoms. The van der Waals surface area contributed by atoms with Crippen LogP contribution in [0.3, 0.4) is 0 Å². The van der Waals surface area contributed by atoms with Gasteiger partial charge in [-0.15, -0.1) is 0 Å². The van der Waals surface area contributed by atoms with Gasteiger partial charge in [0.15, 0.2) is 0 Å². The van der Waals surface area contributed by atoms with Crippen LogP contribution in [0.25, 0.3) is 0 Å². The molecule has 0 unspecified atom stereocenters. The summed E-state index contributed by atoms with van der Waals surface area (Å²) in [5, 5.41) is 5.48. The van der Waals surface area contributed by atoms with Crippen molar-refractivity contribution < 1.29 is 0 Å². The van der Waals surface area contributed by atoms with E-state index in [4.69, 9.17) is 23.2 Å². The lowest BCUT2D eigenvalue weighted by Gasteiger charge is -2.26. The molecule has 0 spiro atoms. The maximum Gasteiger partial charge on any atom is 0.205 e. The molecule has 3 rings (SSSR count). The monoisotopic (exact) mass is 328 g/mol. The standard InChI is InChI=1S/C13H14Cl2N4S/c14-10-2-1-9(7-11(10)15)8-12-17-13(20-18-12)19-5-3-16-4-6-19/h1-2,7,16H,3-6,8H2. The van der Waals surface area contributed by atoms with Crippen molar-refractivity contribution in [2.45, 2.75) is 6.42 Å². The van der Waals surface area contributed by atoms with Crippen molar-refractivity contribution in [3.63, 3.8) is 0 Å². The molecule has 1 aliphatic heterocycles. The quantitative estimate of drug-likeness (QED) is 0.940. The van der Waals surface area contributed by atoms with Crippen molar-refractivity contribution in [2.75, 3.05) is 31.1 Å². The second kappa shape index (κ2) is 6.26. The lowest BCUT2D eigenvalue weighted by atomic mass is 10.1. The van der Waals surface area contributed by atoms with Crippen LogP contribution in [0, 0.1) is 0 Å². The van der Waals surface area contributed by atoms with Gasteiger partial charge in [-0.3, -0.25) is 0 Å². The van der Waals surface area contributed by atoms with Gasteiger partial charge in [-0.05, 0) is 17.7 Å². The Labute approximate surface area is 131 Å². The minimum atomic E-state index is 0.571. The smallest absolute Gasteiger partial charge is 0.205 e. The van der Waals surface area contributed by atoms with E-state index >= 15 is 0 Å². The van der Waals surface area contributed by atoms with Crippen molar-refractivity contribution in [3.8, 4) is 0 Å². The topological polar surface area (TPSA) is 41.1 Å². The Balaban J connectivity index is 1.71. The Morgan fingerprint density at radius 3 is 2.75 bits per heavy atom. The fourth-order valence-corrected chi connectivity index (χ4v) is 3.19. The van der Waals surface area contributed by atoms with Gasteiger partial charge in [0.1, 0.15) is 5.82 Å². The first-order valence-corrected chi connectivity index (χ1v) is 7.97. The summed E-state index contributed by atoms with van der Waals surface area (Å²) >= 11 is 13.4.